The van der Waals surface area contributed by atoms with Crippen LogP contribution in [0.15, 0.2) is 4.42 Å². The Hall–Kier alpha value is -0.610. The summed E-state index contributed by atoms with van der Waals surface area (Å²) < 4.78 is 5.40. The Labute approximate surface area is 82.7 Å². The standard InChI is InChI=1S/C9H14N2OS/c1-6(2)11-4-3-7-8(5-11)12-9(13)10-7/h6H,3-5H2,1-2H3,(H,10,13). The van der Waals surface area contributed by atoms with E-state index in [-0.39, 0.29) is 0 Å². The van der Waals surface area contributed by atoms with Crippen molar-refractivity contribution in [1.29, 1.82) is 0 Å². The van der Waals surface area contributed by atoms with Crippen LogP contribution < -0.4 is 0 Å². The molecule has 1 aliphatic rings. The minimum Gasteiger partial charge on any atom is -0.433 e. The number of rotatable bonds is 1. The van der Waals surface area contributed by atoms with Crippen molar-refractivity contribution in [2.24, 2.45) is 0 Å². The second kappa shape index (κ2) is 3.27. The van der Waals surface area contributed by atoms with Crippen molar-refractivity contribution in [2.75, 3.05) is 6.54 Å². The molecule has 2 rings (SSSR count). The first-order valence-electron chi connectivity index (χ1n) is 4.61. The second-order valence-corrected chi connectivity index (χ2v) is 4.10. The minimum atomic E-state index is 0.510. The Kier molecular flexibility index (Phi) is 2.26. The summed E-state index contributed by atoms with van der Waals surface area (Å²) in [5.41, 5.74) is 1.18. The minimum absolute atomic E-state index is 0.510. The number of hydrogen-bond acceptors (Lipinski definition) is 3. The van der Waals surface area contributed by atoms with Gasteiger partial charge in [0.15, 0.2) is 0 Å². The Morgan fingerprint density at radius 2 is 2.31 bits per heavy atom. The van der Waals surface area contributed by atoms with Crippen LogP contribution in [0.3, 0.4) is 0 Å². The van der Waals surface area contributed by atoms with Gasteiger partial charge in [0, 0.05) is 19.0 Å². The highest BCUT2D eigenvalue weighted by Crippen LogP contribution is 2.19. The quantitative estimate of drug-likeness (QED) is 0.701. The lowest BCUT2D eigenvalue weighted by molar-refractivity contribution is 0.184. The van der Waals surface area contributed by atoms with Crippen LogP contribution in [0.1, 0.15) is 25.3 Å². The van der Waals surface area contributed by atoms with E-state index >= 15 is 0 Å². The number of hydrogen-bond donors (Lipinski definition) is 1. The Morgan fingerprint density at radius 3 is 3.00 bits per heavy atom. The van der Waals surface area contributed by atoms with Gasteiger partial charge >= 0.3 is 0 Å². The van der Waals surface area contributed by atoms with Crippen LogP contribution in [-0.2, 0) is 13.0 Å². The lowest BCUT2D eigenvalue weighted by Crippen LogP contribution is -2.35. The Morgan fingerprint density at radius 1 is 1.54 bits per heavy atom. The number of nitrogens with zero attached hydrogens (tertiary/aromatic N) is 1. The van der Waals surface area contributed by atoms with Crippen LogP contribution in [0.2, 0.25) is 0 Å². The summed E-state index contributed by atoms with van der Waals surface area (Å²) in [6, 6.07) is 0.576. The molecule has 0 fully saturated rings. The molecular formula is C9H14N2OS. The first kappa shape index (κ1) is 8.97. The molecule has 3 nitrogen and oxygen atoms in total. The summed E-state index contributed by atoms with van der Waals surface area (Å²) >= 11 is 4.94. The molecule has 0 spiro atoms. The highest BCUT2D eigenvalue weighted by Gasteiger charge is 2.21. The molecule has 0 atom stereocenters. The highest BCUT2D eigenvalue weighted by atomic mass is 32.1. The fourth-order valence-corrected chi connectivity index (χ4v) is 1.91. The zero-order chi connectivity index (χ0) is 9.42. The van der Waals surface area contributed by atoms with E-state index < -0.39 is 0 Å². The summed E-state index contributed by atoms with van der Waals surface area (Å²) in [6.07, 6.45) is 1.02. The molecule has 4 heteroatoms. The number of aromatic amines is 1. The van der Waals surface area contributed by atoms with Gasteiger partial charge < -0.3 is 9.40 Å². The average Bonchev–Trinajstić information content (AvgIpc) is 2.42. The van der Waals surface area contributed by atoms with E-state index in [1.807, 2.05) is 0 Å². The first-order valence-corrected chi connectivity index (χ1v) is 5.02. The zero-order valence-corrected chi connectivity index (χ0v) is 8.78. The predicted octanol–water partition coefficient (Wildman–Crippen LogP) is 2.10. The van der Waals surface area contributed by atoms with Gasteiger partial charge in [-0.1, -0.05) is 0 Å². The SMILES string of the molecule is CC(C)N1CCc2[nH]c(=S)oc2C1. The normalized spacial score (nSPS) is 17.8. The molecule has 0 bridgehead atoms. The van der Waals surface area contributed by atoms with Crippen LogP contribution in [0.25, 0.3) is 0 Å². The third-order valence-corrected chi connectivity index (χ3v) is 2.72. The molecule has 13 heavy (non-hydrogen) atoms. The molecule has 0 unspecified atom stereocenters. The van der Waals surface area contributed by atoms with Gasteiger partial charge in [-0.2, -0.15) is 0 Å². The van der Waals surface area contributed by atoms with E-state index in [4.69, 9.17) is 16.6 Å². The van der Waals surface area contributed by atoms with E-state index in [1.54, 1.807) is 0 Å². The second-order valence-electron chi connectivity index (χ2n) is 3.73. The van der Waals surface area contributed by atoms with E-state index in [0.29, 0.717) is 10.9 Å². The van der Waals surface area contributed by atoms with Crippen molar-refractivity contribution < 1.29 is 4.42 Å². The molecule has 1 aromatic rings. The lowest BCUT2D eigenvalue weighted by atomic mass is 10.1. The third-order valence-electron chi connectivity index (χ3n) is 2.53. The lowest BCUT2D eigenvalue weighted by Gasteiger charge is -2.28. The number of fused-ring (bicyclic) bond motifs is 1. The Balaban J connectivity index is 2.24. The van der Waals surface area contributed by atoms with Gasteiger partial charge in [-0.15, -0.1) is 0 Å². The van der Waals surface area contributed by atoms with Crippen molar-refractivity contribution in [3.05, 3.63) is 16.3 Å². The molecule has 2 heterocycles. The fourth-order valence-electron chi connectivity index (χ4n) is 1.68. The van der Waals surface area contributed by atoms with Crippen molar-refractivity contribution >= 4 is 12.2 Å². The van der Waals surface area contributed by atoms with Gasteiger partial charge in [-0.3, -0.25) is 4.90 Å². The summed E-state index contributed by atoms with van der Waals surface area (Å²) in [6.45, 7) is 6.38. The van der Waals surface area contributed by atoms with Gasteiger partial charge in [0.1, 0.15) is 5.76 Å². The molecule has 0 aliphatic carbocycles. The molecular weight excluding hydrogens is 184 g/mol. The average molecular weight is 198 g/mol. The van der Waals surface area contributed by atoms with Crippen LogP contribution in [0.4, 0.5) is 0 Å². The van der Waals surface area contributed by atoms with Crippen LogP contribution in [0, 0.1) is 4.84 Å². The van der Waals surface area contributed by atoms with E-state index in [0.717, 1.165) is 25.3 Å². The Bertz CT molecular complexity index is 353. The van der Waals surface area contributed by atoms with Crippen LogP contribution >= 0.6 is 12.2 Å². The number of oxazole rings is 1. The third kappa shape index (κ3) is 1.69. The van der Waals surface area contributed by atoms with Crippen LogP contribution in [0.5, 0.6) is 0 Å². The van der Waals surface area contributed by atoms with Gasteiger partial charge in [0.2, 0.25) is 0 Å². The fraction of sp³-hybridized carbons (Fsp3) is 0.667. The van der Waals surface area contributed by atoms with Crippen molar-refractivity contribution in [3.8, 4) is 0 Å². The smallest absolute Gasteiger partial charge is 0.266 e. The van der Waals surface area contributed by atoms with E-state index in [2.05, 4.69) is 23.7 Å². The predicted molar refractivity (Wildman–Crippen MR) is 53.1 cm³/mol. The summed E-state index contributed by atoms with van der Waals surface area (Å²) in [5.74, 6) is 1.02. The maximum atomic E-state index is 5.40. The monoisotopic (exact) mass is 198 g/mol. The molecule has 0 saturated heterocycles. The largest absolute Gasteiger partial charge is 0.433 e. The summed E-state index contributed by atoms with van der Waals surface area (Å²) in [5, 5.41) is 0. The molecule has 1 aromatic heterocycles. The number of H-pyrrole nitrogens is 1. The van der Waals surface area contributed by atoms with Crippen LogP contribution in [-0.4, -0.2) is 22.5 Å². The number of aromatic nitrogens is 1. The molecule has 72 valence electrons. The van der Waals surface area contributed by atoms with Gasteiger partial charge in [-0.25, -0.2) is 0 Å². The zero-order valence-electron chi connectivity index (χ0n) is 7.96. The van der Waals surface area contributed by atoms with Crippen molar-refractivity contribution in [2.45, 2.75) is 32.9 Å². The summed E-state index contributed by atoms with van der Waals surface area (Å²) in [7, 11) is 0. The van der Waals surface area contributed by atoms with E-state index in [9.17, 15) is 0 Å². The molecule has 0 radical (unpaired) electrons. The van der Waals surface area contributed by atoms with Gasteiger partial charge in [0.25, 0.3) is 4.84 Å². The van der Waals surface area contributed by atoms with Crippen molar-refractivity contribution in [3.63, 3.8) is 0 Å². The topological polar surface area (TPSA) is 32.2 Å². The molecule has 1 N–H and O–H groups in total. The highest BCUT2D eigenvalue weighted by molar-refractivity contribution is 7.71. The molecule has 1 aliphatic heterocycles. The molecule has 0 saturated carbocycles. The molecule has 0 amide bonds. The summed E-state index contributed by atoms with van der Waals surface area (Å²) in [4.78, 5) is 5.97. The maximum absolute atomic E-state index is 5.40. The van der Waals surface area contributed by atoms with Gasteiger partial charge in [-0.05, 0) is 26.1 Å². The van der Waals surface area contributed by atoms with E-state index in [1.165, 1.54) is 5.69 Å². The van der Waals surface area contributed by atoms with Crippen molar-refractivity contribution in [1.82, 2.24) is 9.88 Å². The maximum Gasteiger partial charge on any atom is 0.266 e. The number of nitrogens with one attached hydrogen (secondary N) is 1. The van der Waals surface area contributed by atoms with Gasteiger partial charge in [0.05, 0.1) is 12.2 Å². The first-order chi connectivity index (χ1) is 6.16. The molecule has 0 aromatic carbocycles.